The van der Waals surface area contributed by atoms with Crippen molar-refractivity contribution in [2.45, 2.75) is 77.7 Å². The molecule has 1 aliphatic carbocycles. The fraction of sp³-hybridized carbons (Fsp3) is 0.833. The van der Waals surface area contributed by atoms with E-state index in [1.807, 2.05) is 6.92 Å². The number of unbranched alkanes of at least 4 members (excludes halogenated alkanes) is 1. The molecule has 6 nitrogen and oxygen atoms in total. The van der Waals surface area contributed by atoms with Crippen LogP contribution in [0.4, 0.5) is 4.79 Å². The third-order valence-electron chi connectivity index (χ3n) is 5.02. The van der Waals surface area contributed by atoms with Crippen LogP contribution in [0.15, 0.2) is 0 Å². The molecule has 1 rings (SSSR count). The van der Waals surface area contributed by atoms with Crippen molar-refractivity contribution in [3.8, 4) is 0 Å². The van der Waals surface area contributed by atoms with E-state index in [1.165, 1.54) is 19.3 Å². The largest absolute Gasteiger partial charge is 0.463 e. The molecule has 0 spiro atoms. The third-order valence-corrected chi connectivity index (χ3v) is 5.02. The molecule has 24 heavy (non-hydrogen) atoms. The summed E-state index contributed by atoms with van der Waals surface area (Å²) >= 11 is 0. The Morgan fingerprint density at radius 2 is 1.79 bits per heavy atom. The predicted octanol–water partition coefficient (Wildman–Crippen LogP) is 3.37. The molecular formula is C18H31NO5. The first-order valence-electron chi connectivity index (χ1n) is 9.03. The molecule has 1 saturated carbocycles. The van der Waals surface area contributed by atoms with Crippen molar-refractivity contribution in [2.75, 3.05) is 13.7 Å². The molecule has 0 aromatic heterocycles. The van der Waals surface area contributed by atoms with Crippen molar-refractivity contribution in [3.63, 3.8) is 0 Å². The molecule has 0 saturated heterocycles. The van der Waals surface area contributed by atoms with Crippen LogP contribution in [0, 0.1) is 5.41 Å². The molecule has 1 N–H and O–H groups in total. The van der Waals surface area contributed by atoms with Gasteiger partial charge in [0.05, 0.1) is 13.7 Å². The number of carbonyl (C=O) groups is 3. The van der Waals surface area contributed by atoms with E-state index >= 15 is 0 Å². The zero-order valence-electron chi connectivity index (χ0n) is 15.2. The summed E-state index contributed by atoms with van der Waals surface area (Å²) in [7, 11) is 1.16. The molecule has 0 aromatic carbocycles. The van der Waals surface area contributed by atoms with Gasteiger partial charge in [-0.2, -0.15) is 0 Å². The highest BCUT2D eigenvalue weighted by molar-refractivity contribution is 6.35. The van der Waals surface area contributed by atoms with Gasteiger partial charge in [-0.05, 0) is 25.7 Å². The van der Waals surface area contributed by atoms with E-state index in [2.05, 4.69) is 17.0 Å². The topological polar surface area (TPSA) is 81.7 Å². The average Bonchev–Trinajstić information content (AvgIpc) is 2.62. The summed E-state index contributed by atoms with van der Waals surface area (Å²) in [6, 6.07) is -0.881. The third kappa shape index (κ3) is 6.13. The Morgan fingerprint density at radius 1 is 1.12 bits per heavy atom. The number of alkyl carbamates (subject to hydrolysis) is 1. The fourth-order valence-electron chi connectivity index (χ4n) is 3.22. The summed E-state index contributed by atoms with van der Waals surface area (Å²) in [6.07, 6.45) is 8.03. The van der Waals surface area contributed by atoms with Gasteiger partial charge in [0.15, 0.2) is 0 Å². The Hall–Kier alpha value is -1.59. The summed E-state index contributed by atoms with van der Waals surface area (Å²) in [4.78, 5) is 35.5. The number of methoxy groups -OCH3 is 1. The van der Waals surface area contributed by atoms with Gasteiger partial charge in [-0.3, -0.25) is 4.79 Å². The van der Waals surface area contributed by atoms with Crippen LogP contribution in [-0.4, -0.2) is 37.6 Å². The minimum absolute atomic E-state index is 0.0564. The van der Waals surface area contributed by atoms with Crippen molar-refractivity contribution in [3.05, 3.63) is 0 Å². The lowest BCUT2D eigenvalue weighted by atomic mass is 9.73. The average molecular weight is 341 g/mol. The van der Waals surface area contributed by atoms with Crippen molar-refractivity contribution in [2.24, 2.45) is 5.41 Å². The molecular weight excluding hydrogens is 310 g/mol. The van der Waals surface area contributed by atoms with E-state index in [0.717, 1.165) is 39.2 Å². The molecule has 0 unspecified atom stereocenters. The second-order valence-electron chi connectivity index (χ2n) is 6.69. The lowest BCUT2D eigenvalue weighted by Crippen LogP contribution is -2.45. The van der Waals surface area contributed by atoms with Crippen LogP contribution in [0.1, 0.15) is 71.6 Å². The van der Waals surface area contributed by atoms with Crippen LogP contribution in [0.2, 0.25) is 0 Å². The smallest absolute Gasteiger partial charge is 0.407 e. The zero-order valence-corrected chi connectivity index (χ0v) is 15.2. The van der Waals surface area contributed by atoms with Crippen molar-refractivity contribution < 1.29 is 23.9 Å². The summed E-state index contributed by atoms with van der Waals surface area (Å²) in [6.45, 7) is 4.46. The van der Waals surface area contributed by atoms with Crippen molar-refractivity contribution in [1.82, 2.24) is 5.32 Å². The molecule has 0 aromatic rings. The lowest BCUT2D eigenvalue weighted by molar-refractivity contribution is -0.152. The Kier molecular flexibility index (Phi) is 8.79. The normalized spacial score (nSPS) is 17.6. The van der Waals surface area contributed by atoms with E-state index < -0.39 is 23.9 Å². The fourth-order valence-corrected chi connectivity index (χ4v) is 3.22. The van der Waals surface area contributed by atoms with Gasteiger partial charge in [0, 0.05) is 5.41 Å². The van der Waals surface area contributed by atoms with Crippen LogP contribution < -0.4 is 5.32 Å². The lowest BCUT2D eigenvalue weighted by Gasteiger charge is -2.35. The van der Waals surface area contributed by atoms with Gasteiger partial charge >= 0.3 is 12.1 Å². The molecule has 1 atom stereocenters. The number of ketones is 1. The Labute approximate surface area is 144 Å². The quantitative estimate of drug-likeness (QED) is 0.513. The molecule has 0 heterocycles. The number of carbonyl (C=O) groups excluding carboxylic acids is 3. The Morgan fingerprint density at radius 3 is 2.33 bits per heavy atom. The monoisotopic (exact) mass is 341 g/mol. The highest BCUT2D eigenvalue weighted by Gasteiger charge is 2.33. The van der Waals surface area contributed by atoms with Gasteiger partial charge < -0.3 is 14.8 Å². The minimum atomic E-state index is -0.936. The molecule has 1 fully saturated rings. The first kappa shape index (κ1) is 20.5. The number of esters is 1. The van der Waals surface area contributed by atoms with E-state index in [0.29, 0.717) is 13.0 Å². The first-order chi connectivity index (χ1) is 11.5. The maximum Gasteiger partial charge on any atom is 0.407 e. The number of rotatable bonds is 9. The van der Waals surface area contributed by atoms with Crippen LogP contribution >= 0.6 is 0 Å². The summed E-state index contributed by atoms with van der Waals surface area (Å²) in [5, 5.41) is 2.54. The molecule has 138 valence electrons. The first-order valence-corrected chi connectivity index (χ1v) is 9.03. The van der Waals surface area contributed by atoms with E-state index in [-0.39, 0.29) is 5.41 Å². The van der Waals surface area contributed by atoms with Gasteiger partial charge in [-0.1, -0.05) is 46.0 Å². The van der Waals surface area contributed by atoms with Crippen LogP contribution in [0.5, 0.6) is 0 Å². The van der Waals surface area contributed by atoms with Crippen molar-refractivity contribution in [1.29, 1.82) is 0 Å². The van der Waals surface area contributed by atoms with Gasteiger partial charge in [0.25, 0.3) is 5.78 Å². The van der Waals surface area contributed by atoms with Crippen LogP contribution in [0.3, 0.4) is 0 Å². The Bertz CT molecular complexity index is 429. The number of hydrogen-bond acceptors (Lipinski definition) is 5. The molecule has 0 radical (unpaired) electrons. The van der Waals surface area contributed by atoms with Gasteiger partial charge in [-0.15, -0.1) is 0 Å². The maximum absolute atomic E-state index is 12.1. The predicted molar refractivity (Wildman–Crippen MR) is 90.6 cm³/mol. The number of nitrogens with one attached hydrogen (secondary N) is 1. The second kappa shape index (κ2) is 10.3. The summed E-state index contributed by atoms with van der Waals surface area (Å²) < 4.78 is 9.86. The van der Waals surface area contributed by atoms with Gasteiger partial charge in [0.1, 0.15) is 6.04 Å². The highest BCUT2D eigenvalue weighted by atomic mass is 16.6. The minimum Gasteiger partial charge on any atom is -0.463 e. The highest BCUT2D eigenvalue weighted by Crippen LogP contribution is 2.39. The van der Waals surface area contributed by atoms with Crippen LogP contribution in [-0.2, 0) is 19.1 Å². The number of Topliss-reactive ketones (excluding diaryl/α,β-unsaturated/α-hetero) is 1. The number of ether oxygens (including phenoxy) is 2. The standard InChI is InChI=1S/C18H31NO5/c1-4-6-10-14(15(20)16(21)23-3)19-17(22)24-13-18(5-2)11-8-7-9-12-18/h14H,4-13H2,1-3H3,(H,19,22)/t14-/m0/s1. The van der Waals surface area contributed by atoms with E-state index in [1.54, 1.807) is 0 Å². The van der Waals surface area contributed by atoms with Gasteiger partial charge in [0.2, 0.25) is 0 Å². The van der Waals surface area contributed by atoms with E-state index in [9.17, 15) is 14.4 Å². The van der Waals surface area contributed by atoms with Crippen molar-refractivity contribution >= 4 is 17.8 Å². The van der Waals surface area contributed by atoms with E-state index in [4.69, 9.17) is 4.74 Å². The zero-order chi connectivity index (χ0) is 18.0. The molecule has 6 heteroatoms. The molecule has 1 amide bonds. The molecule has 0 bridgehead atoms. The maximum atomic E-state index is 12.1. The molecule has 1 aliphatic rings. The number of hydrogen-bond donors (Lipinski definition) is 1. The molecule has 0 aliphatic heterocycles. The Balaban J connectivity index is 2.57. The number of amides is 1. The SMILES string of the molecule is CCCC[C@H](NC(=O)OCC1(CC)CCCCC1)C(=O)C(=O)OC. The van der Waals surface area contributed by atoms with Crippen LogP contribution in [0.25, 0.3) is 0 Å². The van der Waals surface area contributed by atoms with Gasteiger partial charge in [-0.25, -0.2) is 9.59 Å². The second-order valence-corrected chi connectivity index (χ2v) is 6.69. The summed E-state index contributed by atoms with van der Waals surface area (Å²) in [5.74, 6) is -1.67. The summed E-state index contributed by atoms with van der Waals surface area (Å²) in [5.41, 5.74) is 0.0564.